The number of imide groups is 1. The molecule has 2 heterocycles. The normalized spacial score (nSPS) is 13.2. The fourth-order valence-corrected chi connectivity index (χ4v) is 2.63. The Hall–Kier alpha value is -3.03. The van der Waals surface area contributed by atoms with Gasteiger partial charge < -0.3 is 0 Å². The molecule has 24 heavy (non-hydrogen) atoms. The van der Waals surface area contributed by atoms with Gasteiger partial charge >= 0.3 is 0 Å². The Bertz CT molecular complexity index is 722. The molecule has 1 aliphatic heterocycles. The Kier molecular flexibility index (Phi) is 4.64. The van der Waals surface area contributed by atoms with Crippen molar-refractivity contribution in [2.24, 2.45) is 0 Å². The van der Waals surface area contributed by atoms with E-state index in [0.717, 1.165) is 6.42 Å². The van der Waals surface area contributed by atoms with Gasteiger partial charge in [-0.3, -0.25) is 24.7 Å². The number of carbonyl (C=O) groups is 3. The van der Waals surface area contributed by atoms with E-state index in [1.807, 2.05) is 0 Å². The molecule has 3 amide bonds. The second kappa shape index (κ2) is 7.03. The first-order valence-corrected chi connectivity index (χ1v) is 7.76. The monoisotopic (exact) mass is 327 g/mol. The van der Waals surface area contributed by atoms with Crippen LogP contribution < -0.4 is 5.43 Å². The third kappa shape index (κ3) is 3.32. The molecular weight excluding hydrogens is 310 g/mol. The molecular formula is C16H17N5O3. The summed E-state index contributed by atoms with van der Waals surface area (Å²) in [5.74, 6) is -0.600. The van der Waals surface area contributed by atoms with Crippen molar-refractivity contribution in [3.05, 3.63) is 48.0 Å². The summed E-state index contributed by atoms with van der Waals surface area (Å²) in [6.07, 6.45) is 5.27. The smallest absolute Gasteiger partial charge is 0.261 e. The van der Waals surface area contributed by atoms with Crippen molar-refractivity contribution in [1.29, 1.82) is 0 Å². The highest BCUT2D eigenvalue weighted by atomic mass is 16.2. The van der Waals surface area contributed by atoms with Gasteiger partial charge in [-0.2, -0.15) is 0 Å². The molecule has 1 N–H and O–H groups in total. The van der Waals surface area contributed by atoms with Crippen LogP contribution in [0.2, 0.25) is 0 Å². The summed E-state index contributed by atoms with van der Waals surface area (Å²) in [5, 5.41) is 7.18. The minimum Gasteiger partial charge on any atom is -0.274 e. The molecule has 0 spiro atoms. The van der Waals surface area contributed by atoms with E-state index in [-0.39, 0.29) is 17.7 Å². The summed E-state index contributed by atoms with van der Waals surface area (Å²) in [4.78, 5) is 37.3. The highest BCUT2D eigenvalue weighted by molar-refractivity contribution is 6.21. The number of benzene rings is 1. The van der Waals surface area contributed by atoms with Crippen LogP contribution in [0.25, 0.3) is 0 Å². The summed E-state index contributed by atoms with van der Waals surface area (Å²) >= 11 is 0. The fourth-order valence-electron chi connectivity index (χ4n) is 2.63. The molecule has 0 atom stereocenters. The van der Waals surface area contributed by atoms with Crippen molar-refractivity contribution in [2.75, 3.05) is 12.0 Å². The van der Waals surface area contributed by atoms with Crippen LogP contribution in [0.5, 0.6) is 0 Å². The van der Waals surface area contributed by atoms with Gasteiger partial charge in [0.1, 0.15) is 12.7 Å². The van der Waals surface area contributed by atoms with E-state index in [2.05, 4.69) is 15.6 Å². The number of fused-ring (bicyclic) bond motifs is 1. The van der Waals surface area contributed by atoms with Crippen LogP contribution >= 0.6 is 0 Å². The lowest BCUT2D eigenvalue weighted by Gasteiger charge is -2.13. The summed E-state index contributed by atoms with van der Waals surface area (Å²) in [5.41, 5.74) is 3.55. The van der Waals surface area contributed by atoms with Gasteiger partial charge in [0, 0.05) is 13.0 Å². The van der Waals surface area contributed by atoms with Gasteiger partial charge in [-0.15, -0.1) is 10.2 Å². The summed E-state index contributed by atoms with van der Waals surface area (Å²) < 4.78 is 1.39. The van der Waals surface area contributed by atoms with E-state index >= 15 is 0 Å². The quantitative estimate of drug-likeness (QED) is 0.609. The third-order valence-electron chi connectivity index (χ3n) is 3.84. The molecule has 0 saturated carbocycles. The topological polar surface area (TPSA) is 97.2 Å². The largest absolute Gasteiger partial charge is 0.274 e. The second-order valence-electron chi connectivity index (χ2n) is 5.52. The maximum absolute atomic E-state index is 12.2. The van der Waals surface area contributed by atoms with Crippen molar-refractivity contribution in [2.45, 2.75) is 25.7 Å². The molecule has 0 unspecified atom stereocenters. The summed E-state index contributed by atoms with van der Waals surface area (Å²) in [6.45, 7) is 0.374. The van der Waals surface area contributed by atoms with Gasteiger partial charge in [0.25, 0.3) is 11.8 Å². The van der Waals surface area contributed by atoms with Crippen LogP contribution in [0.4, 0.5) is 0 Å². The molecule has 0 saturated heterocycles. The Morgan fingerprint density at radius 2 is 1.58 bits per heavy atom. The number of unbranched alkanes of at least 4 members (excludes halogenated alkanes) is 2. The third-order valence-corrected chi connectivity index (χ3v) is 3.84. The average Bonchev–Trinajstić information content (AvgIpc) is 3.17. The van der Waals surface area contributed by atoms with E-state index in [9.17, 15) is 14.4 Å². The Morgan fingerprint density at radius 3 is 2.21 bits per heavy atom. The minimum absolute atomic E-state index is 0.129. The number of rotatable bonds is 7. The zero-order valence-electron chi connectivity index (χ0n) is 13.0. The van der Waals surface area contributed by atoms with Crippen molar-refractivity contribution in [3.8, 4) is 0 Å². The van der Waals surface area contributed by atoms with Gasteiger partial charge in [-0.05, 0) is 25.0 Å². The predicted octanol–water partition coefficient (Wildman–Crippen LogP) is 1.20. The molecule has 0 radical (unpaired) electrons. The first-order valence-electron chi connectivity index (χ1n) is 7.76. The van der Waals surface area contributed by atoms with Gasteiger partial charge in [-0.1, -0.05) is 18.6 Å². The SMILES string of the molecule is O=C(CCCCCN1C(=O)c2ccccc2C1=O)Nn1cnnc1. The molecule has 2 aromatic rings. The van der Waals surface area contributed by atoms with Gasteiger partial charge in [0.15, 0.2) is 0 Å². The maximum Gasteiger partial charge on any atom is 0.261 e. The van der Waals surface area contributed by atoms with Crippen LogP contribution in [0.3, 0.4) is 0 Å². The van der Waals surface area contributed by atoms with Crippen LogP contribution in [0, 0.1) is 0 Å². The molecule has 0 fully saturated rings. The molecule has 1 aromatic carbocycles. The Morgan fingerprint density at radius 1 is 0.958 bits per heavy atom. The highest BCUT2D eigenvalue weighted by Crippen LogP contribution is 2.22. The zero-order valence-corrected chi connectivity index (χ0v) is 13.0. The molecule has 1 aromatic heterocycles. The van der Waals surface area contributed by atoms with E-state index in [1.54, 1.807) is 24.3 Å². The second-order valence-corrected chi connectivity index (χ2v) is 5.52. The number of amides is 3. The molecule has 3 rings (SSSR count). The molecule has 1 aliphatic rings. The van der Waals surface area contributed by atoms with E-state index < -0.39 is 0 Å². The number of nitrogens with zero attached hydrogens (tertiary/aromatic N) is 4. The molecule has 124 valence electrons. The molecule has 0 aliphatic carbocycles. The standard InChI is InChI=1S/C16H17N5O3/c22-14(19-20-10-17-18-11-20)8-2-1-5-9-21-15(23)12-6-3-4-7-13(12)16(21)24/h3-4,6-7,10-11H,1-2,5,8-9H2,(H,19,22). The number of hydrogen-bond acceptors (Lipinski definition) is 5. The average molecular weight is 327 g/mol. The number of carbonyl (C=O) groups excluding carboxylic acids is 3. The molecule has 8 heteroatoms. The van der Waals surface area contributed by atoms with Crippen molar-refractivity contribution < 1.29 is 14.4 Å². The van der Waals surface area contributed by atoms with Gasteiger partial charge in [0.2, 0.25) is 5.91 Å². The van der Waals surface area contributed by atoms with E-state index in [4.69, 9.17) is 0 Å². The lowest BCUT2D eigenvalue weighted by molar-refractivity contribution is -0.117. The zero-order chi connectivity index (χ0) is 16.9. The fraction of sp³-hybridized carbons (Fsp3) is 0.312. The number of nitrogens with one attached hydrogen (secondary N) is 1. The molecule has 0 bridgehead atoms. The van der Waals surface area contributed by atoms with Crippen LogP contribution in [-0.2, 0) is 4.79 Å². The van der Waals surface area contributed by atoms with Crippen molar-refractivity contribution in [1.82, 2.24) is 19.8 Å². The van der Waals surface area contributed by atoms with Crippen molar-refractivity contribution >= 4 is 17.7 Å². The minimum atomic E-state index is -0.235. The van der Waals surface area contributed by atoms with Gasteiger partial charge in [0.05, 0.1) is 11.1 Å². The van der Waals surface area contributed by atoms with Crippen molar-refractivity contribution in [3.63, 3.8) is 0 Å². The Balaban J connectivity index is 1.39. The van der Waals surface area contributed by atoms with Crippen LogP contribution in [0.15, 0.2) is 36.9 Å². The molecule has 8 nitrogen and oxygen atoms in total. The maximum atomic E-state index is 12.2. The summed E-state index contributed by atoms with van der Waals surface area (Å²) in [6, 6.07) is 6.85. The predicted molar refractivity (Wildman–Crippen MR) is 84.7 cm³/mol. The summed E-state index contributed by atoms with van der Waals surface area (Å²) in [7, 11) is 0. The van der Waals surface area contributed by atoms with E-state index in [1.165, 1.54) is 22.2 Å². The Labute approximate surface area is 138 Å². The van der Waals surface area contributed by atoms with Crippen LogP contribution in [-0.4, -0.2) is 44.0 Å². The first kappa shape index (κ1) is 15.9. The van der Waals surface area contributed by atoms with Gasteiger partial charge in [-0.25, -0.2) is 4.68 Å². The number of hydrogen-bond donors (Lipinski definition) is 1. The first-order chi connectivity index (χ1) is 11.7. The lowest BCUT2D eigenvalue weighted by Crippen LogP contribution is -2.30. The van der Waals surface area contributed by atoms with Crippen LogP contribution in [0.1, 0.15) is 46.4 Å². The lowest BCUT2D eigenvalue weighted by atomic mass is 10.1. The highest BCUT2D eigenvalue weighted by Gasteiger charge is 2.34. The van der Waals surface area contributed by atoms with E-state index in [0.29, 0.717) is 36.9 Å². The number of aromatic nitrogens is 3.